The van der Waals surface area contributed by atoms with Crippen molar-refractivity contribution in [1.29, 1.82) is 0 Å². The Morgan fingerprint density at radius 1 is 0.913 bits per heavy atom. The number of nitrogens with zero attached hydrogens (tertiary/aromatic N) is 6. The summed E-state index contributed by atoms with van der Waals surface area (Å²) in [6.07, 6.45) is 12.6. The Hall–Kier alpha value is -4.14. The van der Waals surface area contributed by atoms with Crippen molar-refractivity contribution in [2.45, 2.75) is 38.5 Å². The maximum Gasteiger partial charge on any atom is 0.308 e. The van der Waals surface area contributed by atoms with Gasteiger partial charge in [-0.05, 0) is 29.3 Å². The number of hydrogen-bond donors (Lipinski definition) is 0. The number of imidazole rings is 2. The Morgan fingerprint density at radius 3 is 2.13 bits per heavy atom. The highest BCUT2D eigenvalue weighted by molar-refractivity contribution is 7.87. The lowest BCUT2D eigenvalue weighted by atomic mass is 9.98. The van der Waals surface area contributed by atoms with E-state index in [9.17, 15) is 13.2 Å². The number of amides is 1. The Morgan fingerprint density at radius 2 is 1.52 bits per heavy atom. The maximum absolute atomic E-state index is 13.8. The van der Waals surface area contributed by atoms with Gasteiger partial charge in [0.05, 0.1) is 24.3 Å². The topological polar surface area (TPSA) is 112 Å². The van der Waals surface area contributed by atoms with Crippen LogP contribution in [0.5, 0.6) is 0 Å². The monoisotopic (exact) mass is 662 g/mol. The fourth-order valence-corrected chi connectivity index (χ4v) is 5.87. The Labute approximate surface area is 272 Å². The lowest BCUT2D eigenvalue weighted by Gasteiger charge is -2.30. The summed E-state index contributed by atoms with van der Waals surface area (Å²) >= 11 is 0. The summed E-state index contributed by atoms with van der Waals surface area (Å²) in [6.45, 7) is 8.22. The molecule has 0 aliphatic carbocycles. The molecule has 244 valence electrons. The minimum atomic E-state index is -3.73. The van der Waals surface area contributed by atoms with Crippen molar-refractivity contribution in [3.63, 3.8) is 0 Å². The van der Waals surface area contributed by atoms with Crippen LogP contribution < -0.4 is 0 Å². The first-order valence-electron chi connectivity index (χ1n) is 14.9. The molecular formula is C33H42N6O5SSi. The van der Waals surface area contributed by atoms with Crippen molar-refractivity contribution < 1.29 is 22.8 Å². The zero-order chi connectivity index (χ0) is 33.2. The van der Waals surface area contributed by atoms with Gasteiger partial charge in [-0.15, -0.1) is 0 Å². The normalized spacial score (nSPS) is 12.6. The van der Waals surface area contributed by atoms with Crippen molar-refractivity contribution in [3.8, 4) is 0 Å². The summed E-state index contributed by atoms with van der Waals surface area (Å²) in [4.78, 5) is 28.5. The Bertz CT molecular complexity index is 1670. The fraction of sp³-hybridized carbons (Fsp3) is 0.303. The molecule has 0 bridgehead atoms. The number of benzene rings is 2. The Balaban J connectivity index is 1.52. The molecule has 2 heterocycles. The van der Waals surface area contributed by atoms with Crippen molar-refractivity contribution in [1.82, 2.24) is 27.9 Å². The van der Waals surface area contributed by atoms with Gasteiger partial charge in [0, 0.05) is 47.2 Å². The van der Waals surface area contributed by atoms with Gasteiger partial charge in [-0.3, -0.25) is 9.63 Å². The van der Waals surface area contributed by atoms with Gasteiger partial charge < -0.3 is 9.30 Å². The van der Waals surface area contributed by atoms with Crippen LogP contribution in [0.2, 0.25) is 25.7 Å². The minimum Gasteiger partial charge on any atom is -0.361 e. The van der Waals surface area contributed by atoms with Gasteiger partial charge >= 0.3 is 10.2 Å². The summed E-state index contributed by atoms with van der Waals surface area (Å²) in [7, 11) is -2.01. The molecule has 0 N–H and O–H groups in total. The summed E-state index contributed by atoms with van der Waals surface area (Å²) in [6, 6.07) is 19.8. The Kier molecular flexibility index (Phi) is 12.0. The highest BCUT2D eigenvalue weighted by atomic mass is 32.2. The highest BCUT2D eigenvalue weighted by Gasteiger charge is 2.27. The molecule has 0 aliphatic rings. The molecule has 2 aromatic heterocycles. The van der Waals surface area contributed by atoms with Crippen molar-refractivity contribution in [2.24, 2.45) is 0 Å². The standard InChI is InChI=1S/C33H42N6O5SSi/c1-36(2)45(41,42)38-24-31(35-26-38)18-19-32(40)39(33(28-13-8-6-9-14-28)29-15-10-7-11-16-29)44-20-12-17-30-23-37(25-34-30)27-43-21-22-46(3,4)5/h6-19,23-26,33H,20-22,27H2,1-5H3/b17-12+,19-18-. The minimum absolute atomic E-state index is 0.0883. The molecule has 0 saturated carbocycles. The summed E-state index contributed by atoms with van der Waals surface area (Å²) in [5, 5.41) is 1.32. The van der Waals surface area contributed by atoms with Gasteiger partial charge in [0.15, 0.2) is 0 Å². The molecule has 0 fully saturated rings. The van der Waals surface area contributed by atoms with Crippen LogP contribution in [0.3, 0.4) is 0 Å². The van der Waals surface area contributed by atoms with Crippen LogP contribution in [0.15, 0.2) is 97.9 Å². The highest BCUT2D eigenvalue weighted by Crippen LogP contribution is 2.29. The summed E-state index contributed by atoms with van der Waals surface area (Å²) in [5.74, 6) is -0.448. The van der Waals surface area contributed by atoms with E-state index in [1.54, 1.807) is 12.4 Å². The molecule has 0 spiro atoms. The van der Waals surface area contributed by atoms with Crippen LogP contribution in [0.1, 0.15) is 28.6 Å². The number of aromatic nitrogens is 4. The molecule has 1 amide bonds. The number of carbonyl (C=O) groups is 1. The number of hydroxylamine groups is 2. The summed E-state index contributed by atoms with van der Waals surface area (Å²) in [5.41, 5.74) is 2.75. The molecule has 4 aromatic rings. The maximum atomic E-state index is 13.8. The molecule has 0 aliphatic heterocycles. The van der Waals surface area contributed by atoms with Crippen LogP contribution in [0.25, 0.3) is 12.2 Å². The van der Waals surface area contributed by atoms with E-state index in [0.717, 1.165) is 37.7 Å². The number of rotatable bonds is 16. The van der Waals surface area contributed by atoms with Gasteiger partial charge in [0.1, 0.15) is 19.1 Å². The predicted octanol–water partition coefficient (Wildman–Crippen LogP) is 5.32. The van der Waals surface area contributed by atoms with Crippen LogP contribution >= 0.6 is 0 Å². The van der Waals surface area contributed by atoms with Crippen molar-refractivity contribution in [2.75, 3.05) is 27.3 Å². The average Bonchev–Trinajstić information content (AvgIpc) is 3.70. The van der Waals surface area contributed by atoms with E-state index in [1.165, 1.54) is 43.8 Å². The molecule has 0 radical (unpaired) electrons. The van der Waals surface area contributed by atoms with E-state index < -0.39 is 30.2 Å². The average molecular weight is 663 g/mol. The van der Waals surface area contributed by atoms with Crippen molar-refractivity contribution >= 4 is 36.3 Å². The van der Waals surface area contributed by atoms with Crippen molar-refractivity contribution in [3.05, 3.63) is 120 Å². The number of ether oxygens (including phenoxy) is 1. The molecule has 0 saturated heterocycles. The second-order valence-corrected chi connectivity index (χ2v) is 19.7. The molecule has 46 heavy (non-hydrogen) atoms. The van der Waals surface area contributed by atoms with Gasteiger partial charge in [-0.1, -0.05) is 86.4 Å². The molecule has 2 aromatic carbocycles. The zero-order valence-corrected chi connectivity index (χ0v) is 28.7. The SMILES string of the molecule is CN(C)S(=O)(=O)n1cnc(/C=C\C(=O)N(OC/C=C/c2cn(COCC[Si](C)(C)C)cn2)C(c2ccccc2)c2ccccc2)c1. The van der Waals surface area contributed by atoms with E-state index in [2.05, 4.69) is 29.6 Å². The lowest BCUT2D eigenvalue weighted by molar-refractivity contribution is -0.186. The van der Waals surface area contributed by atoms with E-state index in [4.69, 9.17) is 9.57 Å². The molecule has 0 unspecified atom stereocenters. The van der Waals surface area contributed by atoms with Gasteiger partial charge in [0.25, 0.3) is 5.91 Å². The van der Waals surface area contributed by atoms with E-state index in [-0.39, 0.29) is 6.61 Å². The second-order valence-electron chi connectivity index (χ2n) is 12.0. The van der Waals surface area contributed by atoms with E-state index >= 15 is 0 Å². The first kappa shape index (κ1) is 34.7. The van der Waals surface area contributed by atoms with E-state index in [0.29, 0.717) is 12.4 Å². The molecule has 11 nitrogen and oxygen atoms in total. The smallest absolute Gasteiger partial charge is 0.308 e. The van der Waals surface area contributed by atoms with E-state index in [1.807, 2.05) is 77.5 Å². The zero-order valence-electron chi connectivity index (χ0n) is 26.9. The van der Waals surface area contributed by atoms with Crippen LogP contribution in [0.4, 0.5) is 0 Å². The van der Waals surface area contributed by atoms with Gasteiger partial charge in [-0.2, -0.15) is 12.7 Å². The summed E-state index contributed by atoms with van der Waals surface area (Å²) < 4.78 is 34.7. The first-order valence-corrected chi connectivity index (χ1v) is 20.0. The quantitative estimate of drug-likeness (QED) is 0.0691. The van der Waals surface area contributed by atoms with Crippen LogP contribution in [-0.4, -0.2) is 77.6 Å². The third-order valence-electron chi connectivity index (χ3n) is 6.88. The predicted molar refractivity (Wildman–Crippen MR) is 182 cm³/mol. The molecule has 0 atom stereocenters. The number of hydrogen-bond acceptors (Lipinski definition) is 7. The van der Waals surface area contributed by atoms with Gasteiger partial charge in [-0.25, -0.2) is 19.0 Å². The third-order valence-corrected chi connectivity index (χ3v) is 10.2. The van der Waals surface area contributed by atoms with Crippen LogP contribution in [-0.2, 0) is 31.3 Å². The van der Waals surface area contributed by atoms with Crippen LogP contribution in [0, 0.1) is 0 Å². The third kappa shape index (κ3) is 9.93. The van der Waals surface area contributed by atoms with Gasteiger partial charge in [0.2, 0.25) is 0 Å². The largest absolute Gasteiger partial charge is 0.361 e. The number of carbonyl (C=O) groups excluding carboxylic acids is 1. The first-order chi connectivity index (χ1) is 21.9. The molecular weight excluding hydrogens is 621 g/mol. The lowest BCUT2D eigenvalue weighted by Crippen LogP contribution is -2.34. The fourth-order valence-electron chi connectivity index (χ4n) is 4.33. The molecule has 13 heteroatoms. The second kappa shape index (κ2) is 15.9. The molecule has 4 rings (SSSR count).